The Morgan fingerprint density at radius 3 is 2.52 bits per heavy atom. The molecule has 0 bridgehead atoms. The summed E-state index contributed by atoms with van der Waals surface area (Å²) in [4.78, 5) is 15.3. The summed E-state index contributed by atoms with van der Waals surface area (Å²) in [6, 6.07) is 2.72. The fraction of sp³-hybridized carbons (Fsp3) is 0.0769. The van der Waals surface area contributed by atoms with Gasteiger partial charge in [0.15, 0.2) is 0 Å². The monoisotopic (exact) mass is 300 g/mol. The lowest BCUT2D eigenvalue weighted by Gasteiger charge is -2.11. The molecule has 1 amide bonds. The molecule has 0 radical (unpaired) electrons. The average molecular weight is 300 g/mol. The van der Waals surface area contributed by atoms with Crippen LogP contribution in [0, 0.1) is 5.82 Å². The van der Waals surface area contributed by atoms with Crippen molar-refractivity contribution in [3.8, 4) is 5.75 Å². The minimum Gasteiger partial charge on any atom is -0.506 e. The highest BCUT2D eigenvalue weighted by Crippen LogP contribution is 2.31. The van der Waals surface area contributed by atoms with Gasteiger partial charge in [-0.05, 0) is 24.3 Å². The molecule has 2 rings (SSSR count). The van der Waals surface area contributed by atoms with Crippen molar-refractivity contribution in [2.24, 2.45) is 0 Å². The Labute approximate surface area is 116 Å². The maximum atomic E-state index is 13.5. The van der Waals surface area contributed by atoms with Crippen molar-refractivity contribution in [3.63, 3.8) is 0 Å². The van der Waals surface area contributed by atoms with E-state index in [4.69, 9.17) is 5.11 Å². The molecule has 2 aromatic rings. The first kappa shape index (κ1) is 14.8. The second-order valence-corrected chi connectivity index (χ2v) is 4.08. The molecule has 1 heterocycles. The van der Waals surface area contributed by atoms with Crippen molar-refractivity contribution in [3.05, 3.63) is 53.6 Å². The normalized spacial score (nSPS) is 11.2. The van der Waals surface area contributed by atoms with Crippen LogP contribution in [0.5, 0.6) is 5.75 Å². The molecule has 0 unspecified atom stereocenters. The number of rotatable bonds is 2. The molecule has 0 aliphatic rings. The number of aromatic nitrogens is 1. The number of alkyl halides is 3. The minimum atomic E-state index is -4.65. The van der Waals surface area contributed by atoms with E-state index in [0.29, 0.717) is 18.2 Å². The largest absolute Gasteiger partial charge is 0.506 e. The maximum Gasteiger partial charge on any atom is 0.416 e. The van der Waals surface area contributed by atoms with Crippen molar-refractivity contribution >= 4 is 11.6 Å². The van der Waals surface area contributed by atoms with Crippen molar-refractivity contribution in [2.45, 2.75) is 6.18 Å². The van der Waals surface area contributed by atoms with E-state index in [9.17, 15) is 22.4 Å². The summed E-state index contributed by atoms with van der Waals surface area (Å²) in [7, 11) is 0. The first-order valence-corrected chi connectivity index (χ1v) is 5.59. The molecule has 8 heteroatoms. The number of pyridine rings is 1. The third-order valence-electron chi connectivity index (χ3n) is 2.53. The van der Waals surface area contributed by atoms with E-state index in [1.165, 1.54) is 0 Å². The summed E-state index contributed by atoms with van der Waals surface area (Å²) in [5, 5.41) is 11.2. The van der Waals surface area contributed by atoms with Crippen LogP contribution in [0.1, 0.15) is 15.9 Å². The highest BCUT2D eigenvalue weighted by atomic mass is 19.4. The lowest BCUT2D eigenvalue weighted by Crippen LogP contribution is -2.14. The van der Waals surface area contributed by atoms with Gasteiger partial charge in [0.25, 0.3) is 5.91 Å². The Hall–Kier alpha value is -2.64. The number of benzene rings is 1. The van der Waals surface area contributed by atoms with E-state index < -0.39 is 29.2 Å². The van der Waals surface area contributed by atoms with Gasteiger partial charge < -0.3 is 10.4 Å². The second-order valence-electron chi connectivity index (χ2n) is 4.08. The van der Waals surface area contributed by atoms with Crippen LogP contribution in [0.15, 0.2) is 36.7 Å². The highest BCUT2D eigenvalue weighted by Gasteiger charge is 2.31. The van der Waals surface area contributed by atoms with Gasteiger partial charge in [-0.1, -0.05) is 0 Å². The Morgan fingerprint density at radius 2 is 1.90 bits per heavy atom. The summed E-state index contributed by atoms with van der Waals surface area (Å²) >= 11 is 0. The Morgan fingerprint density at radius 1 is 1.19 bits per heavy atom. The molecule has 1 aromatic heterocycles. The molecule has 0 atom stereocenters. The van der Waals surface area contributed by atoms with Crippen LogP contribution >= 0.6 is 0 Å². The lowest BCUT2D eigenvalue weighted by atomic mass is 10.1. The lowest BCUT2D eigenvalue weighted by molar-refractivity contribution is -0.137. The molecule has 110 valence electrons. The van der Waals surface area contributed by atoms with Crippen LogP contribution in [0.4, 0.5) is 23.2 Å². The molecular weight excluding hydrogens is 292 g/mol. The van der Waals surface area contributed by atoms with Gasteiger partial charge in [-0.2, -0.15) is 13.2 Å². The van der Waals surface area contributed by atoms with E-state index >= 15 is 0 Å². The number of nitrogens with one attached hydrogen (secondary N) is 1. The highest BCUT2D eigenvalue weighted by molar-refractivity contribution is 6.04. The summed E-state index contributed by atoms with van der Waals surface area (Å²) in [6.07, 6.45) is -2.50. The van der Waals surface area contributed by atoms with Crippen molar-refractivity contribution in [2.75, 3.05) is 5.32 Å². The summed E-state index contributed by atoms with van der Waals surface area (Å²) < 4.78 is 51.1. The number of nitrogens with zero attached hydrogens (tertiary/aromatic N) is 1. The van der Waals surface area contributed by atoms with Crippen LogP contribution in [-0.2, 0) is 6.18 Å². The fourth-order valence-corrected chi connectivity index (χ4v) is 1.54. The van der Waals surface area contributed by atoms with Crippen LogP contribution < -0.4 is 5.32 Å². The van der Waals surface area contributed by atoms with E-state index in [1.54, 1.807) is 0 Å². The van der Waals surface area contributed by atoms with Gasteiger partial charge >= 0.3 is 6.18 Å². The van der Waals surface area contributed by atoms with Gasteiger partial charge in [0.05, 0.1) is 23.0 Å². The van der Waals surface area contributed by atoms with Gasteiger partial charge in [0, 0.05) is 6.20 Å². The topological polar surface area (TPSA) is 62.2 Å². The summed E-state index contributed by atoms with van der Waals surface area (Å²) in [5.41, 5.74) is -1.82. The van der Waals surface area contributed by atoms with E-state index in [1.807, 2.05) is 5.32 Å². The number of hydrogen-bond donors (Lipinski definition) is 2. The Bertz CT molecular complexity index is 686. The summed E-state index contributed by atoms with van der Waals surface area (Å²) in [6.45, 7) is 0. The SMILES string of the molecule is O=C(Nc1cc(C(F)(F)F)ccc1F)c1cncc(O)c1. The van der Waals surface area contributed by atoms with Gasteiger partial charge in [-0.3, -0.25) is 9.78 Å². The molecule has 0 aliphatic carbocycles. The molecule has 4 nitrogen and oxygen atoms in total. The number of hydrogen-bond acceptors (Lipinski definition) is 3. The predicted molar refractivity (Wildman–Crippen MR) is 65.3 cm³/mol. The predicted octanol–water partition coefficient (Wildman–Crippen LogP) is 3.20. The van der Waals surface area contributed by atoms with Crippen LogP contribution in [0.2, 0.25) is 0 Å². The fourth-order valence-electron chi connectivity index (χ4n) is 1.54. The van der Waals surface area contributed by atoms with E-state index in [-0.39, 0.29) is 11.3 Å². The number of carbonyl (C=O) groups excluding carboxylic acids is 1. The maximum absolute atomic E-state index is 13.5. The standard InChI is InChI=1S/C13H8F4N2O2/c14-10-2-1-8(13(15,16)17)4-11(10)19-12(21)7-3-9(20)6-18-5-7/h1-6,20H,(H,19,21). The van der Waals surface area contributed by atoms with Gasteiger partial charge in [0.1, 0.15) is 11.6 Å². The molecule has 1 aromatic carbocycles. The number of carbonyl (C=O) groups is 1. The Kier molecular flexibility index (Phi) is 3.79. The van der Waals surface area contributed by atoms with E-state index in [2.05, 4.69) is 4.98 Å². The smallest absolute Gasteiger partial charge is 0.416 e. The number of halogens is 4. The average Bonchev–Trinajstić information content (AvgIpc) is 2.40. The molecule has 0 spiro atoms. The molecule has 21 heavy (non-hydrogen) atoms. The van der Waals surface area contributed by atoms with Crippen LogP contribution in [0.25, 0.3) is 0 Å². The van der Waals surface area contributed by atoms with Gasteiger partial charge in [0.2, 0.25) is 0 Å². The Balaban J connectivity index is 2.29. The quantitative estimate of drug-likeness (QED) is 0.837. The first-order chi connectivity index (χ1) is 9.77. The molecular formula is C13H8F4N2O2. The zero-order chi connectivity index (χ0) is 15.6. The van der Waals surface area contributed by atoms with Crippen molar-refractivity contribution < 1.29 is 27.5 Å². The number of aromatic hydroxyl groups is 1. The third-order valence-corrected chi connectivity index (χ3v) is 2.53. The molecule has 0 fully saturated rings. The van der Waals surface area contributed by atoms with E-state index in [0.717, 1.165) is 18.5 Å². The first-order valence-electron chi connectivity index (χ1n) is 5.59. The second kappa shape index (κ2) is 5.39. The minimum absolute atomic E-state index is 0.119. The number of anilines is 1. The molecule has 0 saturated carbocycles. The van der Waals surface area contributed by atoms with Gasteiger partial charge in [-0.25, -0.2) is 4.39 Å². The third kappa shape index (κ3) is 3.47. The zero-order valence-electron chi connectivity index (χ0n) is 10.3. The van der Waals surface area contributed by atoms with Crippen molar-refractivity contribution in [1.29, 1.82) is 0 Å². The zero-order valence-corrected chi connectivity index (χ0v) is 10.3. The van der Waals surface area contributed by atoms with Crippen LogP contribution in [-0.4, -0.2) is 16.0 Å². The molecule has 2 N–H and O–H groups in total. The van der Waals surface area contributed by atoms with Crippen molar-refractivity contribution in [1.82, 2.24) is 4.98 Å². The molecule has 0 saturated heterocycles. The number of amides is 1. The molecule has 0 aliphatic heterocycles. The van der Waals surface area contributed by atoms with Gasteiger partial charge in [-0.15, -0.1) is 0 Å². The summed E-state index contributed by atoms with van der Waals surface area (Å²) in [5.74, 6) is -2.20. The van der Waals surface area contributed by atoms with Crippen LogP contribution in [0.3, 0.4) is 0 Å².